The van der Waals surface area contributed by atoms with Crippen LogP contribution in [-0.2, 0) is 17.8 Å². The van der Waals surface area contributed by atoms with Gasteiger partial charge in [-0.05, 0) is 43.0 Å². The number of carbonyl (C=O) groups is 1. The molecule has 6 nitrogen and oxygen atoms in total. The van der Waals surface area contributed by atoms with Crippen LogP contribution in [-0.4, -0.2) is 51.0 Å². The number of unbranched alkanes of at least 4 members (excludes halogenated alkanes) is 5. The van der Waals surface area contributed by atoms with Gasteiger partial charge in [-0.15, -0.1) is 0 Å². The predicted octanol–water partition coefficient (Wildman–Crippen LogP) is 4.28. The Labute approximate surface area is 184 Å². The summed E-state index contributed by atoms with van der Waals surface area (Å²) in [5.74, 6) is 1.75. The average Bonchev–Trinajstić information content (AvgIpc) is 2.79. The van der Waals surface area contributed by atoms with Crippen molar-refractivity contribution in [1.29, 1.82) is 0 Å². The number of aliphatic hydroxyl groups excluding tert-OH is 2. The Bertz CT molecular complexity index is 497. The minimum Gasteiger partial charge on any atom is -0.493 e. The number of benzene rings is 1. The fourth-order valence-electron chi connectivity index (χ4n) is 3.09. The molecular formula is C24H45NO5. The smallest absolute Gasteiger partial charge is 0.164 e. The molecule has 0 radical (unpaired) electrons. The highest BCUT2D eigenvalue weighted by molar-refractivity contribution is 5.49. The van der Waals surface area contributed by atoms with Crippen LogP contribution in [0.5, 0.6) is 11.5 Å². The number of rotatable bonds is 16. The third-order valence-corrected chi connectivity index (χ3v) is 4.52. The van der Waals surface area contributed by atoms with Crippen LogP contribution >= 0.6 is 0 Å². The van der Waals surface area contributed by atoms with Gasteiger partial charge in [-0.25, -0.2) is 0 Å². The van der Waals surface area contributed by atoms with Gasteiger partial charge in [0.05, 0.1) is 13.7 Å². The van der Waals surface area contributed by atoms with Gasteiger partial charge in [0.25, 0.3) is 0 Å². The van der Waals surface area contributed by atoms with Crippen LogP contribution in [0.15, 0.2) is 12.1 Å². The Hall–Kier alpha value is -1.63. The van der Waals surface area contributed by atoms with Crippen LogP contribution in [0.25, 0.3) is 0 Å². The van der Waals surface area contributed by atoms with Crippen molar-refractivity contribution in [1.82, 2.24) is 5.32 Å². The van der Waals surface area contributed by atoms with Crippen molar-refractivity contribution in [2.24, 2.45) is 0 Å². The lowest BCUT2D eigenvalue weighted by Gasteiger charge is -2.17. The third-order valence-electron chi connectivity index (χ3n) is 4.52. The van der Waals surface area contributed by atoms with Gasteiger partial charge in [-0.1, -0.05) is 58.4 Å². The van der Waals surface area contributed by atoms with E-state index in [1.165, 1.54) is 43.2 Å². The second-order valence-electron chi connectivity index (χ2n) is 6.91. The van der Waals surface area contributed by atoms with Crippen LogP contribution in [0.3, 0.4) is 0 Å². The molecule has 0 bridgehead atoms. The number of hydrogen-bond donors (Lipinski definition) is 3. The number of aliphatic hydroxyl groups is 2. The molecule has 0 aliphatic heterocycles. The Kier molecular flexibility index (Phi) is 24.1. The third kappa shape index (κ3) is 14.4. The van der Waals surface area contributed by atoms with Crippen LogP contribution < -0.4 is 14.8 Å². The first-order chi connectivity index (χ1) is 14.8. The van der Waals surface area contributed by atoms with E-state index in [0.29, 0.717) is 0 Å². The number of nitrogens with one attached hydrogen (secondary N) is 1. The Balaban J connectivity index is 0. The van der Waals surface area contributed by atoms with Gasteiger partial charge in [0.15, 0.2) is 11.5 Å². The lowest BCUT2D eigenvalue weighted by Crippen LogP contribution is -2.16. The highest BCUT2D eigenvalue weighted by atomic mass is 16.5. The molecule has 30 heavy (non-hydrogen) atoms. The van der Waals surface area contributed by atoms with Crippen molar-refractivity contribution in [3.05, 3.63) is 23.3 Å². The zero-order valence-electron chi connectivity index (χ0n) is 19.7. The lowest BCUT2D eigenvalue weighted by molar-refractivity contribution is -0.0980. The highest BCUT2D eigenvalue weighted by Gasteiger charge is 2.13. The molecule has 6 heteroatoms. The quantitative estimate of drug-likeness (QED) is 0.341. The fourth-order valence-corrected chi connectivity index (χ4v) is 3.09. The van der Waals surface area contributed by atoms with Gasteiger partial charge in [0.1, 0.15) is 6.79 Å². The Morgan fingerprint density at radius 1 is 0.967 bits per heavy atom. The summed E-state index contributed by atoms with van der Waals surface area (Å²) < 4.78 is 11.8. The molecule has 0 unspecified atom stereocenters. The van der Waals surface area contributed by atoms with Gasteiger partial charge in [0, 0.05) is 20.3 Å². The average molecular weight is 428 g/mol. The first-order valence-corrected chi connectivity index (χ1v) is 11.1. The minimum absolute atomic E-state index is 0.225. The summed E-state index contributed by atoms with van der Waals surface area (Å²) in [7, 11) is 2.71. The molecular weight excluding hydrogens is 382 g/mol. The molecule has 0 aliphatic carbocycles. The van der Waals surface area contributed by atoms with E-state index in [2.05, 4.69) is 31.3 Å². The lowest BCUT2D eigenvalue weighted by atomic mass is 10.0. The number of ether oxygens (including phenoxy) is 2. The number of aryl methyl sites for hydroxylation is 1. The van der Waals surface area contributed by atoms with E-state index in [9.17, 15) is 0 Å². The van der Waals surface area contributed by atoms with E-state index in [4.69, 9.17) is 24.5 Å². The SMILES string of the molecule is C=O.CCCCCCCCOc1c(CCC)cc(CNCCCO)cc1OC.CO. The molecule has 0 fully saturated rings. The standard InChI is InChI=1S/C22H39NO3.CH4O.CH2O/c1-4-6-7-8-9-10-15-26-22-20(12-5-2)16-19(17-21(22)25-3)18-23-13-11-14-24;2*1-2/h16-17,23-24H,4-15,18H2,1-3H3;2H,1H3;1H2. The summed E-state index contributed by atoms with van der Waals surface area (Å²) in [5.41, 5.74) is 2.44. The molecule has 176 valence electrons. The molecule has 0 aromatic heterocycles. The summed E-state index contributed by atoms with van der Waals surface area (Å²) in [6.07, 6.45) is 10.4. The maximum Gasteiger partial charge on any atom is 0.164 e. The molecule has 0 amide bonds. The normalized spacial score (nSPS) is 9.80. The summed E-state index contributed by atoms with van der Waals surface area (Å²) in [5, 5.41) is 19.2. The second-order valence-corrected chi connectivity index (χ2v) is 6.91. The molecule has 1 aromatic rings. The Morgan fingerprint density at radius 3 is 2.23 bits per heavy atom. The van der Waals surface area contributed by atoms with E-state index < -0.39 is 0 Å². The predicted molar refractivity (Wildman–Crippen MR) is 125 cm³/mol. The van der Waals surface area contributed by atoms with Crippen molar-refractivity contribution in [2.75, 3.05) is 34.0 Å². The summed E-state index contributed by atoms with van der Waals surface area (Å²) in [6.45, 7) is 9.02. The number of carbonyl (C=O) groups excluding carboxylic acids is 1. The van der Waals surface area contributed by atoms with E-state index >= 15 is 0 Å². The van der Waals surface area contributed by atoms with Gasteiger partial charge in [0.2, 0.25) is 0 Å². The Morgan fingerprint density at radius 2 is 1.63 bits per heavy atom. The van der Waals surface area contributed by atoms with Crippen LogP contribution in [0.2, 0.25) is 0 Å². The van der Waals surface area contributed by atoms with Crippen LogP contribution in [0, 0.1) is 0 Å². The molecule has 1 rings (SSSR count). The molecule has 0 spiro atoms. The molecule has 0 atom stereocenters. The fraction of sp³-hybridized carbons (Fsp3) is 0.708. The zero-order chi connectivity index (χ0) is 23.0. The maximum atomic E-state index is 8.88. The van der Waals surface area contributed by atoms with E-state index in [1.54, 1.807) is 7.11 Å². The van der Waals surface area contributed by atoms with E-state index in [-0.39, 0.29) is 6.61 Å². The van der Waals surface area contributed by atoms with Gasteiger partial charge >= 0.3 is 0 Å². The highest BCUT2D eigenvalue weighted by Crippen LogP contribution is 2.34. The minimum atomic E-state index is 0.225. The van der Waals surface area contributed by atoms with Crippen molar-refractivity contribution in [3.63, 3.8) is 0 Å². The van der Waals surface area contributed by atoms with Gasteiger partial charge in [-0.2, -0.15) is 0 Å². The van der Waals surface area contributed by atoms with Gasteiger partial charge in [-0.3, -0.25) is 0 Å². The molecule has 0 saturated heterocycles. The number of methoxy groups -OCH3 is 1. The van der Waals surface area contributed by atoms with Crippen LogP contribution in [0.1, 0.15) is 76.3 Å². The van der Waals surface area contributed by atoms with Crippen molar-refractivity contribution >= 4 is 6.79 Å². The monoisotopic (exact) mass is 427 g/mol. The molecule has 0 saturated carbocycles. The molecule has 1 aromatic carbocycles. The first-order valence-electron chi connectivity index (χ1n) is 11.1. The maximum absolute atomic E-state index is 8.88. The van der Waals surface area contributed by atoms with E-state index in [1.807, 2.05) is 6.79 Å². The van der Waals surface area contributed by atoms with Crippen molar-refractivity contribution < 1.29 is 24.5 Å². The van der Waals surface area contributed by atoms with E-state index in [0.717, 1.165) is 64.0 Å². The molecule has 0 heterocycles. The van der Waals surface area contributed by atoms with Crippen molar-refractivity contribution in [2.45, 2.75) is 78.2 Å². The topological polar surface area (TPSA) is 88.0 Å². The van der Waals surface area contributed by atoms with Crippen molar-refractivity contribution in [3.8, 4) is 11.5 Å². The van der Waals surface area contributed by atoms with Crippen LogP contribution in [0.4, 0.5) is 0 Å². The summed E-state index contributed by atoms with van der Waals surface area (Å²) >= 11 is 0. The molecule has 3 N–H and O–H groups in total. The van der Waals surface area contributed by atoms with Gasteiger partial charge < -0.3 is 29.8 Å². The number of hydrogen-bond acceptors (Lipinski definition) is 6. The summed E-state index contributed by atoms with van der Waals surface area (Å²) in [6, 6.07) is 4.30. The zero-order valence-corrected chi connectivity index (χ0v) is 19.7. The largest absolute Gasteiger partial charge is 0.493 e. The summed E-state index contributed by atoms with van der Waals surface area (Å²) in [4.78, 5) is 8.00. The second kappa shape index (κ2) is 23.6. The molecule has 0 aliphatic rings. The first kappa shape index (κ1) is 30.6.